The molecule has 3 rings (SSSR count). The summed E-state index contributed by atoms with van der Waals surface area (Å²) in [5.41, 5.74) is 4.32. The lowest BCUT2D eigenvalue weighted by Gasteiger charge is -2.28. The monoisotopic (exact) mass is 394 g/mol. The Balaban J connectivity index is 1.52. The number of rotatable bonds is 9. The number of hydrogen-bond acceptors (Lipinski definition) is 4. The van der Waals surface area contributed by atoms with Gasteiger partial charge < -0.3 is 15.5 Å². The van der Waals surface area contributed by atoms with E-state index in [1.54, 1.807) is 0 Å². The van der Waals surface area contributed by atoms with Gasteiger partial charge in [0.2, 0.25) is 5.91 Å². The third-order valence-corrected chi connectivity index (χ3v) is 5.62. The summed E-state index contributed by atoms with van der Waals surface area (Å²) < 4.78 is 0. The maximum atomic E-state index is 12.4. The third kappa shape index (κ3) is 6.23. The largest absolute Gasteiger partial charge is 0.376 e. The van der Waals surface area contributed by atoms with Gasteiger partial charge in [-0.3, -0.25) is 9.69 Å². The number of piperidine rings is 1. The highest BCUT2D eigenvalue weighted by Gasteiger charge is 2.11. The van der Waals surface area contributed by atoms with E-state index in [-0.39, 0.29) is 12.5 Å². The average molecular weight is 395 g/mol. The lowest BCUT2D eigenvalue weighted by molar-refractivity contribution is -0.114. The fourth-order valence-electron chi connectivity index (χ4n) is 3.81. The van der Waals surface area contributed by atoms with Crippen LogP contribution in [0.5, 0.6) is 0 Å². The molecule has 0 aliphatic carbocycles. The van der Waals surface area contributed by atoms with E-state index in [0.717, 1.165) is 44.1 Å². The van der Waals surface area contributed by atoms with Crippen LogP contribution in [0.15, 0.2) is 48.5 Å². The molecule has 1 aliphatic rings. The van der Waals surface area contributed by atoms with E-state index in [4.69, 9.17) is 0 Å². The second kappa shape index (κ2) is 10.9. The fraction of sp³-hybridized carbons (Fsp3) is 0.458. The average Bonchev–Trinajstić information content (AvgIpc) is 2.78. The Labute approximate surface area is 175 Å². The first-order chi connectivity index (χ1) is 14.2. The quantitative estimate of drug-likeness (QED) is 0.654. The smallest absolute Gasteiger partial charge is 0.243 e. The highest BCUT2D eigenvalue weighted by molar-refractivity contribution is 5.94. The van der Waals surface area contributed by atoms with E-state index < -0.39 is 0 Å². The minimum atomic E-state index is -0.0339. The van der Waals surface area contributed by atoms with E-state index in [1.165, 1.54) is 30.5 Å². The maximum absolute atomic E-state index is 12.4. The standard InChI is InChI=1S/C24H34N4O/c1-3-27(4-2)19-20-10-6-7-11-23(20)25-18-24(29)26-21-12-14-22(15-13-21)28-16-8-5-9-17-28/h6-7,10-15,25H,3-5,8-9,16-19H2,1-2H3,(H,26,29). The zero-order valence-electron chi connectivity index (χ0n) is 17.8. The molecule has 1 heterocycles. The third-order valence-electron chi connectivity index (χ3n) is 5.62. The molecule has 156 valence electrons. The Hall–Kier alpha value is -2.53. The number of carbonyl (C=O) groups is 1. The molecule has 5 nitrogen and oxygen atoms in total. The number of anilines is 3. The van der Waals surface area contributed by atoms with Crippen LogP contribution in [0, 0.1) is 0 Å². The van der Waals surface area contributed by atoms with Gasteiger partial charge in [0, 0.05) is 36.7 Å². The number of carbonyl (C=O) groups excluding carboxylic acids is 1. The number of hydrogen-bond donors (Lipinski definition) is 2. The Morgan fingerprint density at radius 3 is 2.34 bits per heavy atom. The Kier molecular flexibility index (Phi) is 7.94. The van der Waals surface area contributed by atoms with Crippen LogP contribution in [-0.4, -0.2) is 43.5 Å². The second-order valence-electron chi connectivity index (χ2n) is 7.61. The van der Waals surface area contributed by atoms with Crippen molar-refractivity contribution in [1.82, 2.24) is 4.90 Å². The highest BCUT2D eigenvalue weighted by Crippen LogP contribution is 2.22. The van der Waals surface area contributed by atoms with Gasteiger partial charge in [0.05, 0.1) is 6.54 Å². The zero-order valence-corrected chi connectivity index (χ0v) is 17.8. The zero-order chi connectivity index (χ0) is 20.5. The molecule has 0 saturated carbocycles. The topological polar surface area (TPSA) is 47.6 Å². The van der Waals surface area contributed by atoms with Gasteiger partial charge in [-0.1, -0.05) is 32.0 Å². The molecule has 1 amide bonds. The van der Waals surface area contributed by atoms with Crippen molar-refractivity contribution in [3.8, 4) is 0 Å². The van der Waals surface area contributed by atoms with E-state index in [9.17, 15) is 4.79 Å². The molecule has 0 spiro atoms. The summed E-state index contributed by atoms with van der Waals surface area (Å²) in [6.45, 7) is 9.76. The molecule has 0 atom stereocenters. The predicted octanol–water partition coefficient (Wildman–Crippen LogP) is 4.57. The van der Waals surface area contributed by atoms with E-state index in [0.29, 0.717) is 0 Å². The Morgan fingerprint density at radius 1 is 0.966 bits per heavy atom. The molecule has 2 aromatic rings. The van der Waals surface area contributed by atoms with Crippen molar-refractivity contribution in [3.05, 3.63) is 54.1 Å². The van der Waals surface area contributed by atoms with Crippen LogP contribution >= 0.6 is 0 Å². The molecule has 29 heavy (non-hydrogen) atoms. The fourth-order valence-corrected chi connectivity index (χ4v) is 3.81. The van der Waals surface area contributed by atoms with Crippen LogP contribution in [0.4, 0.5) is 17.1 Å². The molecule has 2 aromatic carbocycles. The molecule has 1 aliphatic heterocycles. The van der Waals surface area contributed by atoms with Gasteiger partial charge in [0.25, 0.3) is 0 Å². The first-order valence-electron chi connectivity index (χ1n) is 10.9. The molecular formula is C24H34N4O. The first-order valence-corrected chi connectivity index (χ1v) is 10.9. The summed E-state index contributed by atoms with van der Waals surface area (Å²) in [4.78, 5) is 17.2. The van der Waals surface area contributed by atoms with Gasteiger partial charge in [-0.05, 0) is 68.2 Å². The van der Waals surface area contributed by atoms with Crippen molar-refractivity contribution >= 4 is 23.0 Å². The lowest BCUT2D eigenvalue weighted by Crippen LogP contribution is -2.29. The van der Waals surface area contributed by atoms with Crippen molar-refractivity contribution in [2.24, 2.45) is 0 Å². The van der Waals surface area contributed by atoms with Gasteiger partial charge >= 0.3 is 0 Å². The van der Waals surface area contributed by atoms with Gasteiger partial charge in [-0.2, -0.15) is 0 Å². The van der Waals surface area contributed by atoms with Crippen molar-refractivity contribution in [1.29, 1.82) is 0 Å². The van der Waals surface area contributed by atoms with Gasteiger partial charge in [-0.15, -0.1) is 0 Å². The molecule has 0 unspecified atom stereocenters. The molecule has 0 radical (unpaired) electrons. The van der Waals surface area contributed by atoms with Gasteiger partial charge in [0.1, 0.15) is 0 Å². The van der Waals surface area contributed by atoms with Crippen LogP contribution in [0.3, 0.4) is 0 Å². The molecule has 5 heteroatoms. The van der Waals surface area contributed by atoms with Crippen LogP contribution in [0.1, 0.15) is 38.7 Å². The molecule has 1 fully saturated rings. The van der Waals surface area contributed by atoms with Crippen LogP contribution in [-0.2, 0) is 11.3 Å². The molecule has 1 saturated heterocycles. The number of para-hydroxylation sites is 1. The summed E-state index contributed by atoms with van der Waals surface area (Å²) in [6.07, 6.45) is 3.86. The summed E-state index contributed by atoms with van der Waals surface area (Å²) in [7, 11) is 0. The van der Waals surface area contributed by atoms with Crippen LogP contribution < -0.4 is 15.5 Å². The van der Waals surface area contributed by atoms with Crippen LogP contribution in [0.25, 0.3) is 0 Å². The summed E-state index contributed by atoms with van der Waals surface area (Å²) in [5.74, 6) is -0.0339. The maximum Gasteiger partial charge on any atom is 0.243 e. The molecular weight excluding hydrogens is 360 g/mol. The number of amides is 1. The first kappa shape index (κ1) is 21.2. The van der Waals surface area contributed by atoms with Crippen molar-refractivity contribution in [3.63, 3.8) is 0 Å². The number of nitrogens with zero attached hydrogens (tertiary/aromatic N) is 2. The minimum Gasteiger partial charge on any atom is -0.376 e. The molecule has 2 N–H and O–H groups in total. The normalized spacial score (nSPS) is 14.1. The molecule has 0 bridgehead atoms. The van der Waals surface area contributed by atoms with E-state index in [2.05, 4.69) is 52.5 Å². The number of nitrogens with one attached hydrogen (secondary N) is 2. The van der Waals surface area contributed by atoms with Crippen LogP contribution in [0.2, 0.25) is 0 Å². The van der Waals surface area contributed by atoms with Gasteiger partial charge in [-0.25, -0.2) is 0 Å². The van der Waals surface area contributed by atoms with Crippen molar-refractivity contribution < 1.29 is 4.79 Å². The minimum absolute atomic E-state index is 0.0339. The van der Waals surface area contributed by atoms with E-state index >= 15 is 0 Å². The van der Waals surface area contributed by atoms with Gasteiger partial charge in [0.15, 0.2) is 0 Å². The summed E-state index contributed by atoms with van der Waals surface area (Å²) in [6, 6.07) is 16.4. The lowest BCUT2D eigenvalue weighted by atomic mass is 10.1. The Bertz CT molecular complexity index is 765. The SMILES string of the molecule is CCN(CC)Cc1ccccc1NCC(=O)Nc1ccc(N2CCCCC2)cc1. The Morgan fingerprint density at radius 2 is 1.66 bits per heavy atom. The predicted molar refractivity (Wildman–Crippen MR) is 123 cm³/mol. The summed E-state index contributed by atoms with van der Waals surface area (Å²) in [5, 5.41) is 6.30. The molecule has 0 aromatic heterocycles. The van der Waals surface area contributed by atoms with E-state index in [1.807, 2.05) is 30.3 Å². The van der Waals surface area contributed by atoms with Crippen molar-refractivity contribution in [2.75, 3.05) is 48.3 Å². The highest BCUT2D eigenvalue weighted by atomic mass is 16.1. The number of benzene rings is 2. The summed E-state index contributed by atoms with van der Waals surface area (Å²) >= 11 is 0. The second-order valence-corrected chi connectivity index (χ2v) is 7.61. The van der Waals surface area contributed by atoms with Crippen molar-refractivity contribution in [2.45, 2.75) is 39.7 Å².